The highest BCUT2D eigenvalue weighted by molar-refractivity contribution is 7.15. The van der Waals surface area contributed by atoms with Crippen molar-refractivity contribution in [2.45, 2.75) is 12.8 Å². The number of amides is 4. The van der Waals surface area contributed by atoms with Gasteiger partial charge in [0.1, 0.15) is 10.0 Å². The van der Waals surface area contributed by atoms with Crippen LogP contribution in [0.1, 0.15) is 10.0 Å². The predicted octanol–water partition coefficient (Wildman–Crippen LogP) is 4.50. The normalized spacial score (nSPS) is 10.6. The number of rotatable bonds is 13. The topological polar surface area (TPSA) is 152 Å². The molecule has 198 valence electrons. The van der Waals surface area contributed by atoms with Crippen LogP contribution in [0.15, 0.2) is 60.7 Å². The summed E-state index contributed by atoms with van der Waals surface area (Å²) in [6.07, 6.45) is 1.16. The Morgan fingerprint density at radius 2 is 1.00 bits per heavy atom. The minimum atomic E-state index is -0.373. The molecule has 0 atom stereocenters. The van der Waals surface area contributed by atoms with Crippen molar-refractivity contribution in [1.29, 1.82) is 0 Å². The van der Waals surface area contributed by atoms with Gasteiger partial charge in [-0.1, -0.05) is 59.1 Å². The van der Waals surface area contributed by atoms with Crippen molar-refractivity contribution in [3.63, 3.8) is 0 Å². The van der Waals surface area contributed by atoms with Gasteiger partial charge in [0.2, 0.25) is 10.3 Å². The third kappa shape index (κ3) is 9.48. The molecule has 2 aromatic carbocycles. The number of anilines is 4. The van der Waals surface area contributed by atoms with Crippen LogP contribution in [-0.4, -0.2) is 58.9 Å². The average molecular weight is 555 g/mol. The average Bonchev–Trinajstić information content (AvgIpc) is 3.55. The third-order valence-corrected chi connectivity index (χ3v) is 6.53. The van der Waals surface area contributed by atoms with Gasteiger partial charge in [-0.2, -0.15) is 0 Å². The number of ether oxygens (including phenoxy) is 2. The Kier molecular flexibility index (Phi) is 10.5. The summed E-state index contributed by atoms with van der Waals surface area (Å²) in [6, 6.07) is 17.6. The van der Waals surface area contributed by atoms with Crippen LogP contribution >= 0.6 is 22.7 Å². The maximum absolute atomic E-state index is 12.0. The Morgan fingerprint density at radius 1 is 0.579 bits per heavy atom. The summed E-state index contributed by atoms with van der Waals surface area (Å²) in [5.41, 5.74) is 1.39. The van der Waals surface area contributed by atoms with Crippen LogP contribution in [0.25, 0.3) is 0 Å². The number of benzene rings is 2. The first-order valence-corrected chi connectivity index (χ1v) is 13.3. The van der Waals surface area contributed by atoms with E-state index in [0.29, 0.717) is 60.9 Å². The van der Waals surface area contributed by atoms with E-state index in [0.717, 1.165) is 10.0 Å². The second kappa shape index (κ2) is 14.7. The van der Waals surface area contributed by atoms with Gasteiger partial charge in [-0.3, -0.25) is 10.6 Å². The number of para-hydroxylation sites is 2. The van der Waals surface area contributed by atoms with Gasteiger partial charge in [0, 0.05) is 24.2 Å². The summed E-state index contributed by atoms with van der Waals surface area (Å²) < 4.78 is 11.2. The van der Waals surface area contributed by atoms with Crippen molar-refractivity contribution < 1.29 is 19.1 Å². The maximum Gasteiger partial charge on any atom is 0.325 e. The van der Waals surface area contributed by atoms with E-state index in [1.165, 1.54) is 22.7 Å². The quantitative estimate of drug-likeness (QED) is 0.176. The minimum absolute atomic E-state index is 0.373. The number of carbonyl (C=O) groups is 2. The Morgan fingerprint density at radius 3 is 1.42 bits per heavy atom. The van der Waals surface area contributed by atoms with Gasteiger partial charge < -0.3 is 20.1 Å². The lowest BCUT2D eigenvalue weighted by Gasteiger charge is -2.04. The smallest absolute Gasteiger partial charge is 0.325 e. The molecule has 4 rings (SSSR count). The Hall–Kier alpha value is -3.98. The van der Waals surface area contributed by atoms with Gasteiger partial charge in [-0.25, -0.2) is 9.59 Å². The fraction of sp³-hybridized carbons (Fsp3) is 0.250. The maximum atomic E-state index is 12.0. The SMILES string of the molecule is O=C(Nc1ccccc1)Nc1nnc(CCOCCOCCc2nnc(NC(=O)Nc3ccccc3)s2)s1. The van der Waals surface area contributed by atoms with E-state index in [1.807, 2.05) is 36.4 Å². The van der Waals surface area contributed by atoms with Crippen LogP contribution in [0, 0.1) is 0 Å². The number of carbonyl (C=O) groups excluding carboxylic acids is 2. The van der Waals surface area contributed by atoms with Gasteiger partial charge in [0.15, 0.2) is 0 Å². The van der Waals surface area contributed by atoms with Gasteiger partial charge in [0.25, 0.3) is 0 Å². The summed E-state index contributed by atoms with van der Waals surface area (Å²) >= 11 is 2.60. The molecule has 0 spiro atoms. The number of hydrogen-bond acceptors (Lipinski definition) is 10. The molecule has 0 saturated heterocycles. The molecule has 0 saturated carbocycles. The van der Waals surface area contributed by atoms with E-state index in [-0.39, 0.29) is 12.1 Å². The molecular weight excluding hydrogens is 528 g/mol. The first-order chi connectivity index (χ1) is 18.6. The molecule has 14 heteroatoms. The van der Waals surface area contributed by atoms with Crippen molar-refractivity contribution in [2.75, 3.05) is 47.7 Å². The standard InChI is InChI=1S/C24H26N8O4S2/c33-21(25-17-7-3-1-4-8-17)27-23-31-29-19(37-23)11-13-35-15-16-36-14-12-20-30-32-24(38-20)28-22(34)26-18-9-5-2-6-10-18/h1-10H,11-16H2,(H2,25,27,31,33)(H2,26,28,32,34). The fourth-order valence-electron chi connectivity index (χ4n) is 3.01. The highest BCUT2D eigenvalue weighted by Gasteiger charge is 2.10. The summed E-state index contributed by atoms with van der Waals surface area (Å²) in [4.78, 5) is 24.0. The van der Waals surface area contributed by atoms with Crippen LogP contribution in [0.2, 0.25) is 0 Å². The number of hydrogen-bond donors (Lipinski definition) is 4. The molecule has 0 unspecified atom stereocenters. The van der Waals surface area contributed by atoms with Gasteiger partial charge in [-0.05, 0) is 24.3 Å². The molecule has 4 amide bonds. The molecule has 4 N–H and O–H groups in total. The number of urea groups is 2. The molecule has 0 bridgehead atoms. The Balaban J connectivity index is 1.03. The lowest BCUT2D eigenvalue weighted by atomic mass is 10.3. The van der Waals surface area contributed by atoms with Crippen LogP contribution in [0.5, 0.6) is 0 Å². The predicted molar refractivity (Wildman–Crippen MR) is 147 cm³/mol. The molecular formula is C24H26N8O4S2. The zero-order chi connectivity index (χ0) is 26.4. The molecule has 12 nitrogen and oxygen atoms in total. The molecule has 0 aliphatic heterocycles. The third-order valence-electron chi connectivity index (χ3n) is 4.73. The Bertz CT molecular complexity index is 1190. The molecule has 0 fully saturated rings. The number of aromatic nitrogens is 4. The zero-order valence-corrected chi connectivity index (χ0v) is 21.9. The second-order valence-electron chi connectivity index (χ2n) is 7.62. The molecule has 38 heavy (non-hydrogen) atoms. The van der Waals surface area contributed by atoms with E-state index >= 15 is 0 Å². The highest BCUT2D eigenvalue weighted by Crippen LogP contribution is 2.17. The van der Waals surface area contributed by atoms with E-state index < -0.39 is 0 Å². The van der Waals surface area contributed by atoms with Crippen molar-refractivity contribution in [3.8, 4) is 0 Å². The lowest BCUT2D eigenvalue weighted by Crippen LogP contribution is -2.19. The van der Waals surface area contributed by atoms with Crippen molar-refractivity contribution in [3.05, 3.63) is 70.7 Å². The lowest BCUT2D eigenvalue weighted by molar-refractivity contribution is 0.0500. The summed E-state index contributed by atoms with van der Waals surface area (Å²) in [5.74, 6) is 0. The fourth-order valence-corrected chi connectivity index (χ4v) is 4.44. The largest absolute Gasteiger partial charge is 0.379 e. The first-order valence-electron chi connectivity index (χ1n) is 11.7. The second-order valence-corrected chi connectivity index (χ2v) is 9.74. The van der Waals surface area contributed by atoms with Crippen molar-refractivity contribution in [2.24, 2.45) is 0 Å². The summed E-state index contributed by atoms with van der Waals surface area (Å²) in [6.45, 7) is 1.80. The zero-order valence-electron chi connectivity index (χ0n) is 20.3. The van der Waals surface area contributed by atoms with E-state index in [9.17, 15) is 9.59 Å². The molecule has 4 aromatic rings. The first kappa shape index (κ1) is 27.1. The summed E-state index contributed by atoms with van der Waals surface area (Å²) in [7, 11) is 0. The van der Waals surface area contributed by atoms with Crippen LogP contribution in [0.4, 0.5) is 31.2 Å². The van der Waals surface area contributed by atoms with Crippen LogP contribution < -0.4 is 21.3 Å². The van der Waals surface area contributed by atoms with E-state index in [1.54, 1.807) is 24.3 Å². The van der Waals surface area contributed by atoms with Gasteiger partial charge in [0.05, 0.1) is 26.4 Å². The molecule has 2 heterocycles. The Labute approximate surface area is 226 Å². The molecule has 0 aliphatic rings. The van der Waals surface area contributed by atoms with E-state index in [2.05, 4.69) is 41.7 Å². The number of nitrogens with zero attached hydrogens (tertiary/aromatic N) is 4. The van der Waals surface area contributed by atoms with Gasteiger partial charge >= 0.3 is 12.1 Å². The van der Waals surface area contributed by atoms with E-state index in [4.69, 9.17) is 9.47 Å². The van der Waals surface area contributed by atoms with Crippen molar-refractivity contribution >= 4 is 56.4 Å². The number of nitrogens with one attached hydrogen (secondary N) is 4. The molecule has 2 aromatic heterocycles. The molecule has 0 radical (unpaired) electrons. The minimum Gasteiger partial charge on any atom is -0.379 e. The monoisotopic (exact) mass is 554 g/mol. The highest BCUT2D eigenvalue weighted by atomic mass is 32.1. The molecule has 0 aliphatic carbocycles. The van der Waals surface area contributed by atoms with Crippen molar-refractivity contribution in [1.82, 2.24) is 20.4 Å². The van der Waals surface area contributed by atoms with Crippen LogP contribution in [-0.2, 0) is 22.3 Å². The van der Waals surface area contributed by atoms with Gasteiger partial charge in [-0.15, -0.1) is 20.4 Å². The van der Waals surface area contributed by atoms with Crippen LogP contribution in [0.3, 0.4) is 0 Å². The summed E-state index contributed by atoms with van der Waals surface area (Å²) in [5, 5.41) is 29.3.